The molecular formula is C13H21N3O4. The van der Waals surface area contributed by atoms with E-state index in [0.717, 1.165) is 6.42 Å². The van der Waals surface area contributed by atoms with E-state index < -0.39 is 5.97 Å². The van der Waals surface area contributed by atoms with E-state index >= 15 is 0 Å². The lowest BCUT2D eigenvalue weighted by Crippen LogP contribution is -2.44. The molecule has 0 unspecified atom stereocenters. The van der Waals surface area contributed by atoms with Crippen molar-refractivity contribution in [2.45, 2.75) is 13.3 Å². The normalized spacial score (nSPS) is 9.90. The molecule has 0 aliphatic heterocycles. The number of aliphatic carboxylic acids is 1. The van der Waals surface area contributed by atoms with Crippen LogP contribution in [0.25, 0.3) is 0 Å². The van der Waals surface area contributed by atoms with Crippen LogP contribution >= 0.6 is 0 Å². The molecule has 0 fully saturated rings. The average molecular weight is 283 g/mol. The summed E-state index contributed by atoms with van der Waals surface area (Å²) < 4.78 is 0. The maximum Gasteiger partial charge on any atom is 0.317 e. The molecule has 112 valence electrons. The number of likely N-dealkylation sites (N-methyl/N-ethyl adjacent to an activating group) is 1. The van der Waals surface area contributed by atoms with Crippen LogP contribution in [0.5, 0.6) is 0 Å². The number of hydrogen-bond donors (Lipinski definition) is 2. The first-order valence-corrected chi connectivity index (χ1v) is 6.29. The Kier molecular flexibility index (Phi) is 8.79. The lowest BCUT2D eigenvalue weighted by Gasteiger charge is -2.22. The zero-order valence-corrected chi connectivity index (χ0v) is 11.9. The Balaban J connectivity index is 4.31. The summed E-state index contributed by atoms with van der Waals surface area (Å²) in [7, 11) is 1.49. The van der Waals surface area contributed by atoms with Gasteiger partial charge in [-0.2, -0.15) is 0 Å². The van der Waals surface area contributed by atoms with E-state index in [-0.39, 0.29) is 38.0 Å². The number of nitrogens with one attached hydrogen (secondary N) is 1. The fraction of sp³-hybridized carbons (Fsp3) is 0.615. The van der Waals surface area contributed by atoms with Crippen molar-refractivity contribution in [3.8, 4) is 12.3 Å². The van der Waals surface area contributed by atoms with Crippen LogP contribution in [0, 0.1) is 12.3 Å². The first-order chi connectivity index (χ1) is 9.40. The monoisotopic (exact) mass is 283 g/mol. The molecule has 0 saturated carbocycles. The van der Waals surface area contributed by atoms with Crippen LogP contribution in [-0.4, -0.2) is 72.5 Å². The highest BCUT2D eigenvalue weighted by Crippen LogP contribution is 1.93. The zero-order valence-electron chi connectivity index (χ0n) is 11.9. The number of carboxylic acids is 1. The van der Waals surface area contributed by atoms with Crippen molar-refractivity contribution in [2.75, 3.05) is 39.8 Å². The molecule has 0 spiro atoms. The smallest absolute Gasteiger partial charge is 0.317 e. The van der Waals surface area contributed by atoms with Crippen molar-refractivity contribution < 1.29 is 19.5 Å². The van der Waals surface area contributed by atoms with E-state index in [0.29, 0.717) is 6.54 Å². The van der Waals surface area contributed by atoms with E-state index in [2.05, 4.69) is 11.2 Å². The predicted octanol–water partition coefficient (Wildman–Crippen LogP) is -1.01. The van der Waals surface area contributed by atoms with Gasteiger partial charge in [0, 0.05) is 13.6 Å². The standard InChI is InChI=1S/C13H21N3O4/c1-4-6-14-11(17)8-15(3)12(18)9-16(7-5-2)10-13(19)20/h2H,4,6-10H2,1,3H3,(H,14,17)(H,19,20). The van der Waals surface area contributed by atoms with Crippen molar-refractivity contribution >= 4 is 17.8 Å². The molecule has 0 rings (SSSR count). The van der Waals surface area contributed by atoms with E-state index in [1.54, 1.807) is 0 Å². The molecule has 0 saturated heterocycles. The highest BCUT2D eigenvalue weighted by Gasteiger charge is 2.17. The number of carboxylic acid groups (broad SMARTS) is 1. The lowest BCUT2D eigenvalue weighted by molar-refractivity contribution is -0.140. The van der Waals surface area contributed by atoms with Crippen molar-refractivity contribution in [1.29, 1.82) is 0 Å². The number of amides is 2. The number of carbonyl (C=O) groups excluding carboxylic acids is 2. The number of hydrogen-bond acceptors (Lipinski definition) is 4. The van der Waals surface area contributed by atoms with Crippen LogP contribution in [0.15, 0.2) is 0 Å². The van der Waals surface area contributed by atoms with E-state index in [1.807, 2.05) is 6.92 Å². The third-order valence-electron chi connectivity index (χ3n) is 2.41. The van der Waals surface area contributed by atoms with Crippen molar-refractivity contribution in [2.24, 2.45) is 0 Å². The maximum absolute atomic E-state index is 11.9. The zero-order chi connectivity index (χ0) is 15.5. The summed E-state index contributed by atoms with van der Waals surface area (Å²) in [4.78, 5) is 36.5. The molecule has 2 amide bonds. The summed E-state index contributed by atoms with van der Waals surface area (Å²) in [5.74, 6) is 0.640. The molecule has 7 heteroatoms. The minimum Gasteiger partial charge on any atom is -0.480 e. The second kappa shape index (κ2) is 9.81. The van der Waals surface area contributed by atoms with Crippen molar-refractivity contribution in [3.63, 3.8) is 0 Å². The number of rotatable bonds is 9. The van der Waals surface area contributed by atoms with Gasteiger partial charge in [-0.05, 0) is 6.42 Å². The van der Waals surface area contributed by atoms with Gasteiger partial charge in [-0.1, -0.05) is 12.8 Å². The predicted molar refractivity (Wildman–Crippen MR) is 73.8 cm³/mol. The van der Waals surface area contributed by atoms with Crippen LogP contribution in [0.3, 0.4) is 0 Å². The van der Waals surface area contributed by atoms with Gasteiger partial charge in [0.1, 0.15) is 0 Å². The molecule has 0 atom stereocenters. The third kappa shape index (κ3) is 8.11. The van der Waals surface area contributed by atoms with Gasteiger partial charge >= 0.3 is 5.97 Å². The minimum atomic E-state index is -1.06. The van der Waals surface area contributed by atoms with Gasteiger partial charge in [-0.25, -0.2) is 0 Å². The molecule has 0 aromatic carbocycles. The van der Waals surface area contributed by atoms with Crippen LogP contribution in [0.4, 0.5) is 0 Å². The number of carbonyl (C=O) groups is 3. The van der Waals surface area contributed by atoms with E-state index in [1.165, 1.54) is 16.8 Å². The van der Waals surface area contributed by atoms with Gasteiger partial charge in [0.05, 0.1) is 26.2 Å². The SMILES string of the molecule is C#CCN(CC(=O)O)CC(=O)N(C)CC(=O)NCCC. The van der Waals surface area contributed by atoms with Crippen molar-refractivity contribution in [3.05, 3.63) is 0 Å². The minimum absolute atomic E-state index is 0.0597. The third-order valence-corrected chi connectivity index (χ3v) is 2.41. The summed E-state index contributed by atoms with van der Waals surface area (Å²) in [6, 6.07) is 0. The topological polar surface area (TPSA) is 90.0 Å². The van der Waals surface area contributed by atoms with E-state index in [9.17, 15) is 14.4 Å². The average Bonchev–Trinajstić information content (AvgIpc) is 2.35. The molecule has 0 aromatic heterocycles. The largest absolute Gasteiger partial charge is 0.480 e. The molecule has 0 aromatic rings. The second-order valence-electron chi connectivity index (χ2n) is 4.34. The maximum atomic E-state index is 11.9. The molecule has 20 heavy (non-hydrogen) atoms. The lowest BCUT2D eigenvalue weighted by atomic mass is 10.4. The summed E-state index contributed by atoms with van der Waals surface area (Å²) in [6.45, 7) is 2.05. The Morgan fingerprint density at radius 1 is 1.25 bits per heavy atom. The Morgan fingerprint density at radius 2 is 1.90 bits per heavy atom. The first kappa shape index (κ1) is 17.9. The van der Waals surface area contributed by atoms with Crippen LogP contribution < -0.4 is 5.32 Å². The van der Waals surface area contributed by atoms with Gasteiger partial charge in [0.2, 0.25) is 11.8 Å². The fourth-order valence-corrected chi connectivity index (χ4v) is 1.42. The Morgan fingerprint density at radius 3 is 2.40 bits per heavy atom. The van der Waals surface area contributed by atoms with Crippen LogP contribution in [0.2, 0.25) is 0 Å². The van der Waals surface area contributed by atoms with Gasteiger partial charge in [0.25, 0.3) is 0 Å². The Labute approximate surface area is 118 Å². The molecule has 0 heterocycles. The molecular weight excluding hydrogens is 262 g/mol. The first-order valence-electron chi connectivity index (χ1n) is 6.29. The number of terminal acetylenes is 1. The van der Waals surface area contributed by atoms with E-state index in [4.69, 9.17) is 11.5 Å². The second-order valence-corrected chi connectivity index (χ2v) is 4.34. The molecule has 0 bridgehead atoms. The van der Waals surface area contributed by atoms with Crippen molar-refractivity contribution in [1.82, 2.24) is 15.1 Å². The fourth-order valence-electron chi connectivity index (χ4n) is 1.42. The van der Waals surface area contributed by atoms with Crippen LogP contribution in [-0.2, 0) is 14.4 Å². The molecule has 0 radical (unpaired) electrons. The highest BCUT2D eigenvalue weighted by atomic mass is 16.4. The summed E-state index contributed by atoms with van der Waals surface area (Å²) in [5, 5.41) is 11.4. The Hall–Kier alpha value is -2.07. The number of nitrogens with zero attached hydrogens (tertiary/aromatic N) is 2. The van der Waals surface area contributed by atoms with Gasteiger partial charge in [0.15, 0.2) is 0 Å². The summed E-state index contributed by atoms with van der Waals surface area (Å²) >= 11 is 0. The quantitative estimate of drug-likeness (QED) is 0.529. The summed E-state index contributed by atoms with van der Waals surface area (Å²) in [6.07, 6.45) is 5.94. The molecule has 0 aliphatic carbocycles. The Bertz CT molecular complexity index is 390. The van der Waals surface area contributed by atoms with Gasteiger partial charge in [-0.15, -0.1) is 6.42 Å². The van der Waals surface area contributed by atoms with Crippen LogP contribution in [0.1, 0.15) is 13.3 Å². The molecule has 2 N–H and O–H groups in total. The highest BCUT2D eigenvalue weighted by molar-refractivity contribution is 5.85. The van der Waals surface area contributed by atoms with Gasteiger partial charge < -0.3 is 15.3 Å². The molecule has 0 aliphatic rings. The summed E-state index contributed by atoms with van der Waals surface area (Å²) in [5.41, 5.74) is 0. The van der Waals surface area contributed by atoms with Gasteiger partial charge in [-0.3, -0.25) is 19.3 Å². The molecule has 7 nitrogen and oxygen atoms in total.